The van der Waals surface area contributed by atoms with Gasteiger partial charge in [0.15, 0.2) is 5.78 Å². The summed E-state index contributed by atoms with van der Waals surface area (Å²) in [4.78, 5) is 19.4. The summed E-state index contributed by atoms with van der Waals surface area (Å²) in [5.74, 6) is 0.501. The number of fused-ring (bicyclic) bond motifs is 1. The van der Waals surface area contributed by atoms with E-state index < -0.39 is 0 Å². The lowest BCUT2D eigenvalue weighted by molar-refractivity contribution is 0.0962. The van der Waals surface area contributed by atoms with Gasteiger partial charge < -0.3 is 10.0 Å². The molecule has 0 amide bonds. The summed E-state index contributed by atoms with van der Waals surface area (Å²) in [7, 11) is 0. The van der Waals surface area contributed by atoms with Gasteiger partial charge in [-0.15, -0.1) is 0 Å². The molecule has 3 rings (SSSR count). The number of aryl methyl sites for hydroxylation is 1. The van der Waals surface area contributed by atoms with Gasteiger partial charge >= 0.3 is 0 Å². The maximum Gasteiger partial charge on any atom is 0.182 e. The van der Waals surface area contributed by atoms with Crippen molar-refractivity contribution in [3.63, 3.8) is 0 Å². The Balaban J connectivity index is 1.95. The van der Waals surface area contributed by atoms with Crippen LogP contribution in [0.15, 0.2) is 24.3 Å². The minimum absolute atomic E-state index is 0.0599. The fourth-order valence-corrected chi connectivity index (χ4v) is 3.69. The number of amidine groups is 1. The van der Waals surface area contributed by atoms with Crippen LogP contribution in [0.3, 0.4) is 0 Å². The van der Waals surface area contributed by atoms with Gasteiger partial charge in [-0.25, -0.2) is 4.98 Å². The Kier molecular flexibility index (Phi) is 5.06. The van der Waals surface area contributed by atoms with Gasteiger partial charge in [-0.1, -0.05) is 47.6 Å². The Labute approximate surface area is 173 Å². The van der Waals surface area contributed by atoms with Gasteiger partial charge in [-0.3, -0.25) is 10.2 Å². The molecule has 5 nitrogen and oxygen atoms in total. The van der Waals surface area contributed by atoms with Crippen molar-refractivity contribution in [1.82, 2.24) is 9.88 Å². The van der Waals surface area contributed by atoms with E-state index in [1.165, 1.54) is 0 Å². The fourth-order valence-electron chi connectivity index (χ4n) is 3.69. The number of Topliss-reactive ketones (excluding diaryl/α,β-unsaturated/α-hetero) is 1. The summed E-state index contributed by atoms with van der Waals surface area (Å²) in [6, 6.07) is 7.53. The number of nitrogens with zero attached hydrogens (tertiary/aromatic N) is 2. The molecule has 0 unspecified atom stereocenters. The van der Waals surface area contributed by atoms with Crippen LogP contribution in [0.1, 0.15) is 80.0 Å². The van der Waals surface area contributed by atoms with Crippen LogP contribution >= 0.6 is 0 Å². The molecule has 1 aromatic heterocycles. The molecular formula is C24H31N3O2. The first-order valence-electron chi connectivity index (χ1n) is 10.0. The molecule has 29 heavy (non-hydrogen) atoms. The van der Waals surface area contributed by atoms with E-state index in [4.69, 9.17) is 5.41 Å². The molecule has 0 atom stereocenters. The van der Waals surface area contributed by atoms with Crippen LogP contribution in [0.25, 0.3) is 0 Å². The van der Waals surface area contributed by atoms with Gasteiger partial charge in [0.2, 0.25) is 0 Å². The van der Waals surface area contributed by atoms with Crippen LogP contribution in [0.2, 0.25) is 0 Å². The molecule has 0 aliphatic carbocycles. The highest BCUT2D eigenvalue weighted by molar-refractivity contribution is 6.04. The van der Waals surface area contributed by atoms with Crippen LogP contribution in [0.4, 0.5) is 0 Å². The van der Waals surface area contributed by atoms with E-state index in [-0.39, 0.29) is 28.9 Å². The number of carbonyl (C=O) groups is 1. The number of hydrogen-bond acceptors (Lipinski definition) is 4. The molecule has 1 aromatic carbocycles. The maximum absolute atomic E-state index is 13.2. The molecule has 0 saturated heterocycles. The highest BCUT2D eigenvalue weighted by Gasteiger charge is 2.30. The molecule has 1 aliphatic rings. The second-order valence-electron chi connectivity index (χ2n) is 10.0. The van der Waals surface area contributed by atoms with Crippen molar-refractivity contribution in [2.24, 2.45) is 0 Å². The summed E-state index contributed by atoms with van der Waals surface area (Å²) in [6.45, 7) is 14.7. The lowest BCUT2D eigenvalue weighted by Crippen LogP contribution is -2.31. The van der Waals surface area contributed by atoms with Crippen LogP contribution in [0.5, 0.6) is 5.75 Å². The molecule has 154 valence electrons. The standard InChI is InChI=1S/C24H31N3O2/c1-14-8-9-15-12-27(22(25)20(15)26-14)13-19(28)16-10-17(23(2,3)4)21(29)18(11-16)24(5,6)7/h8-11,25,29H,12-13H2,1-7H3. The highest BCUT2D eigenvalue weighted by atomic mass is 16.3. The van der Waals surface area contributed by atoms with E-state index in [0.29, 0.717) is 23.6 Å². The predicted octanol–water partition coefficient (Wildman–Crippen LogP) is 4.71. The number of phenols is 1. The van der Waals surface area contributed by atoms with Crippen molar-refractivity contribution in [2.75, 3.05) is 6.54 Å². The Morgan fingerprint density at radius 1 is 1.10 bits per heavy atom. The lowest BCUT2D eigenvalue weighted by atomic mass is 9.78. The van der Waals surface area contributed by atoms with E-state index in [0.717, 1.165) is 22.4 Å². The third-order valence-electron chi connectivity index (χ3n) is 5.40. The zero-order chi connectivity index (χ0) is 21.7. The molecule has 2 heterocycles. The van der Waals surface area contributed by atoms with E-state index in [1.807, 2.05) is 72.7 Å². The van der Waals surface area contributed by atoms with Crippen LogP contribution in [-0.2, 0) is 17.4 Å². The van der Waals surface area contributed by atoms with Crippen molar-refractivity contribution in [1.29, 1.82) is 5.41 Å². The number of rotatable bonds is 3. The third-order valence-corrected chi connectivity index (χ3v) is 5.40. The monoisotopic (exact) mass is 393 g/mol. The maximum atomic E-state index is 13.2. The first-order chi connectivity index (χ1) is 13.3. The van der Waals surface area contributed by atoms with E-state index >= 15 is 0 Å². The van der Waals surface area contributed by atoms with Crippen molar-refractivity contribution >= 4 is 11.6 Å². The van der Waals surface area contributed by atoms with Gasteiger partial charge in [0.25, 0.3) is 0 Å². The second-order valence-corrected chi connectivity index (χ2v) is 10.0. The molecule has 0 bridgehead atoms. The second kappa shape index (κ2) is 6.97. The molecule has 2 aromatic rings. The summed E-state index contributed by atoms with van der Waals surface area (Å²) in [5, 5.41) is 19.3. The minimum atomic E-state index is -0.293. The summed E-state index contributed by atoms with van der Waals surface area (Å²) in [6.07, 6.45) is 0. The molecule has 2 N–H and O–H groups in total. The Bertz CT molecular complexity index is 959. The van der Waals surface area contributed by atoms with Gasteiger partial charge in [0.05, 0.1) is 6.54 Å². The zero-order valence-corrected chi connectivity index (χ0v) is 18.5. The van der Waals surface area contributed by atoms with Crippen LogP contribution < -0.4 is 0 Å². The Hall–Kier alpha value is -2.69. The average Bonchev–Trinajstić information content (AvgIpc) is 2.88. The van der Waals surface area contributed by atoms with E-state index in [2.05, 4.69) is 4.98 Å². The number of aromatic hydroxyl groups is 1. The molecule has 0 radical (unpaired) electrons. The van der Waals surface area contributed by atoms with Crippen molar-refractivity contribution in [3.05, 3.63) is 57.9 Å². The van der Waals surface area contributed by atoms with Crippen molar-refractivity contribution < 1.29 is 9.90 Å². The number of carbonyl (C=O) groups excluding carboxylic acids is 1. The number of phenolic OH excluding ortho intramolecular Hbond substituents is 1. The van der Waals surface area contributed by atoms with Crippen LogP contribution in [0, 0.1) is 12.3 Å². The first kappa shape index (κ1) is 21.0. The average molecular weight is 394 g/mol. The van der Waals surface area contributed by atoms with Gasteiger partial charge in [-0.2, -0.15) is 0 Å². The summed E-state index contributed by atoms with van der Waals surface area (Å²) in [5.41, 5.74) is 4.03. The van der Waals surface area contributed by atoms with Gasteiger partial charge in [-0.05, 0) is 36.0 Å². The SMILES string of the molecule is Cc1ccc2c(n1)C(=N)N(CC(=O)c1cc(C(C)(C)C)c(O)c(C(C)(C)C)c1)C2. The number of pyridine rings is 1. The molecule has 1 aliphatic heterocycles. The Morgan fingerprint density at radius 2 is 1.66 bits per heavy atom. The van der Waals surface area contributed by atoms with Crippen molar-refractivity contribution in [2.45, 2.75) is 65.8 Å². The van der Waals surface area contributed by atoms with Gasteiger partial charge in [0, 0.05) is 34.5 Å². The molecule has 5 heteroatoms. The first-order valence-corrected chi connectivity index (χ1v) is 10.0. The predicted molar refractivity (Wildman–Crippen MR) is 116 cm³/mol. The minimum Gasteiger partial charge on any atom is -0.507 e. The fraction of sp³-hybridized carbons (Fsp3) is 0.458. The summed E-state index contributed by atoms with van der Waals surface area (Å²) >= 11 is 0. The highest BCUT2D eigenvalue weighted by Crippen LogP contribution is 2.40. The summed E-state index contributed by atoms with van der Waals surface area (Å²) < 4.78 is 0. The quantitative estimate of drug-likeness (QED) is 0.740. The van der Waals surface area contributed by atoms with E-state index in [1.54, 1.807) is 4.90 Å². The number of benzene rings is 1. The Morgan fingerprint density at radius 3 is 2.17 bits per heavy atom. The molecule has 0 spiro atoms. The molecule has 0 fully saturated rings. The largest absolute Gasteiger partial charge is 0.507 e. The van der Waals surface area contributed by atoms with Crippen LogP contribution in [-0.4, -0.2) is 33.2 Å². The van der Waals surface area contributed by atoms with Crippen molar-refractivity contribution in [3.8, 4) is 5.75 Å². The normalized spacial score (nSPS) is 14.3. The topological polar surface area (TPSA) is 77.3 Å². The van der Waals surface area contributed by atoms with Gasteiger partial charge in [0.1, 0.15) is 17.3 Å². The number of hydrogen-bond donors (Lipinski definition) is 2. The van der Waals surface area contributed by atoms with E-state index in [9.17, 15) is 9.90 Å². The zero-order valence-electron chi connectivity index (χ0n) is 18.5. The lowest BCUT2D eigenvalue weighted by Gasteiger charge is -2.28. The number of ketones is 1. The third kappa shape index (κ3) is 4.04. The number of aromatic nitrogens is 1. The molecular weight excluding hydrogens is 362 g/mol. The number of nitrogens with one attached hydrogen (secondary N) is 1. The smallest absolute Gasteiger partial charge is 0.182 e. The molecule has 0 saturated carbocycles.